The van der Waals surface area contributed by atoms with Gasteiger partial charge in [0.25, 0.3) is 5.91 Å². The van der Waals surface area contributed by atoms with Crippen LogP contribution in [0.1, 0.15) is 40.9 Å². The number of nitrogens with two attached hydrogens (primary N) is 1. The first-order valence-corrected chi connectivity index (χ1v) is 8.61. The van der Waals surface area contributed by atoms with Crippen LogP contribution in [-0.4, -0.2) is 18.5 Å². The molecule has 2 atom stereocenters. The molecule has 6 heteroatoms. The number of fused-ring (bicyclic) bond motifs is 1. The average molecular weight is 357 g/mol. The van der Waals surface area contributed by atoms with Crippen LogP contribution in [0.15, 0.2) is 18.2 Å². The molecule has 3 N–H and O–H groups in total. The van der Waals surface area contributed by atoms with Crippen LogP contribution in [0, 0.1) is 18.7 Å². The lowest BCUT2D eigenvalue weighted by atomic mass is 9.84. The number of nitrogens with one attached hydrogen (secondary N) is 1. The van der Waals surface area contributed by atoms with Gasteiger partial charge in [0.2, 0.25) is 0 Å². The van der Waals surface area contributed by atoms with Crippen molar-refractivity contribution in [1.82, 2.24) is 5.32 Å². The summed E-state index contributed by atoms with van der Waals surface area (Å²) < 4.78 is 14.3. The Morgan fingerprint density at radius 1 is 1.39 bits per heavy atom. The quantitative estimate of drug-likeness (QED) is 0.872. The van der Waals surface area contributed by atoms with Crippen LogP contribution >= 0.6 is 23.7 Å². The van der Waals surface area contributed by atoms with Gasteiger partial charge in [-0.2, -0.15) is 0 Å². The first-order chi connectivity index (χ1) is 10.6. The van der Waals surface area contributed by atoms with Crippen LogP contribution in [0.4, 0.5) is 4.39 Å². The van der Waals surface area contributed by atoms with Crippen molar-refractivity contribution in [2.75, 3.05) is 6.54 Å². The van der Waals surface area contributed by atoms with Crippen LogP contribution in [-0.2, 0) is 0 Å². The van der Waals surface area contributed by atoms with Gasteiger partial charge in [0.05, 0.1) is 4.88 Å². The Kier molecular flexibility index (Phi) is 6.00. The molecule has 0 aliphatic heterocycles. The van der Waals surface area contributed by atoms with E-state index in [0.29, 0.717) is 17.3 Å². The number of aryl methyl sites for hydroxylation is 1. The zero-order valence-corrected chi connectivity index (χ0v) is 14.7. The third-order valence-electron chi connectivity index (χ3n) is 4.63. The maximum atomic E-state index is 13.4. The summed E-state index contributed by atoms with van der Waals surface area (Å²) >= 11 is 1.43. The molecular formula is C17H22ClFN2OS. The third kappa shape index (κ3) is 3.67. The van der Waals surface area contributed by atoms with Crippen molar-refractivity contribution in [3.63, 3.8) is 0 Å². The van der Waals surface area contributed by atoms with Gasteiger partial charge in [0, 0.05) is 10.7 Å². The van der Waals surface area contributed by atoms with Crippen molar-refractivity contribution in [2.24, 2.45) is 11.7 Å². The van der Waals surface area contributed by atoms with E-state index in [1.807, 2.05) is 6.92 Å². The molecule has 1 aromatic carbocycles. The molecule has 126 valence electrons. The summed E-state index contributed by atoms with van der Waals surface area (Å²) in [6.45, 7) is 2.50. The van der Waals surface area contributed by atoms with E-state index in [9.17, 15) is 9.18 Å². The zero-order valence-electron chi connectivity index (χ0n) is 13.1. The Morgan fingerprint density at radius 3 is 2.87 bits per heavy atom. The molecule has 3 rings (SSSR count). The highest BCUT2D eigenvalue weighted by Gasteiger charge is 2.27. The summed E-state index contributed by atoms with van der Waals surface area (Å²) in [5.41, 5.74) is 6.68. The van der Waals surface area contributed by atoms with Gasteiger partial charge in [-0.1, -0.05) is 12.8 Å². The number of rotatable bonds is 3. The molecule has 1 aliphatic carbocycles. The highest BCUT2D eigenvalue weighted by atomic mass is 35.5. The average Bonchev–Trinajstić information content (AvgIpc) is 2.85. The number of carbonyl (C=O) groups excluding carboxylic acids is 1. The molecule has 1 saturated carbocycles. The summed E-state index contributed by atoms with van der Waals surface area (Å²) in [7, 11) is 0. The van der Waals surface area contributed by atoms with Gasteiger partial charge in [-0.3, -0.25) is 4.79 Å². The van der Waals surface area contributed by atoms with Crippen molar-refractivity contribution in [2.45, 2.75) is 38.6 Å². The standard InChI is InChI=1S/C17H21FN2OS.ClH/c1-10-13-8-12(18)6-7-15(13)22-16(10)17(21)20-14-5-3-2-4-11(14)9-19;/h6-8,11,14H,2-5,9,19H2,1H3,(H,20,21);1H. The van der Waals surface area contributed by atoms with Crippen molar-refractivity contribution < 1.29 is 9.18 Å². The van der Waals surface area contributed by atoms with Crippen molar-refractivity contribution in [3.8, 4) is 0 Å². The lowest BCUT2D eigenvalue weighted by Gasteiger charge is -2.31. The van der Waals surface area contributed by atoms with E-state index in [1.54, 1.807) is 6.07 Å². The Bertz CT molecular complexity index is 703. The van der Waals surface area contributed by atoms with E-state index in [4.69, 9.17) is 5.73 Å². The van der Waals surface area contributed by atoms with Crippen molar-refractivity contribution in [1.29, 1.82) is 0 Å². The monoisotopic (exact) mass is 356 g/mol. The zero-order chi connectivity index (χ0) is 15.7. The number of hydrogen-bond acceptors (Lipinski definition) is 3. The second kappa shape index (κ2) is 7.60. The van der Waals surface area contributed by atoms with E-state index in [2.05, 4.69) is 5.32 Å². The topological polar surface area (TPSA) is 55.1 Å². The van der Waals surface area contributed by atoms with E-state index in [0.717, 1.165) is 34.9 Å². The fraction of sp³-hybridized carbons (Fsp3) is 0.471. The molecule has 2 aromatic rings. The molecule has 1 fully saturated rings. The minimum atomic E-state index is -0.268. The second-order valence-electron chi connectivity index (χ2n) is 6.06. The molecule has 1 aliphatic rings. The maximum absolute atomic E-state index is 13.4. The fourth-order valence-electron chi connectivity index (χ4n) is 3.32. The fourth-order valence-corrected chi connectivity index (χ4v) is 4.42. The van der Waals surface area contributed by atoms with Gasteiger partial charge in [-0.05, 0) is 61.4 Å². The molecule has 0 spiro atoms. The first-order valence-electron chi connectivity index (χ1n) is 7.79. The van der Waals surface area contributed by atoms with Crippen molar-refractivity contribution in [3.05, 3.63) is 34.5 Å². The van der Waals surface area contributed by atoms with E-state index < -0.39 is 0 Å². The number of benzene rings is 1. The van der Waals surface area contributed by atoms with Crippen LogP contribution in [0.25, 0.3) is 10.1 Å². The summed E-state index contributed by atoms with van der Waals surface area (Å²) in [4.78, 5) is 13.3. The van der Waals surface area contributed by atoms with Crippen LogP contribution < -0.4 is 11.1 Å². The second-order valence-corrected chi connectivity index (χ2v) is 7.11. The molecule has 0 saturated heterocycles. The molecule has 3 nitrogen and oxygen atoms in total. The summed E-state index contributed by atoms with van der Waals surface area (Å²) in [6, 6.07) is 4.84. The molecule has 1 amide bonds. The van der Waals surface area contributed by atoms with Gasteiger partial charge in [0.15, 0.2) is 0 Å². The van der Waals surface area contributed by atoms with Crippen LogP contribution in [0.2, 0.25) is 0 Å². The normalized spacial score (nSPS) is 21.0. The SMILES string of the molecule is Cc1c(C(=O)NC2CCCCC2CN)sc2ccc(F)cc12.Cl. The Morgan fingerprint density at radius 2 is 2.13 bits per heavy atom. The Hall–Kier alpha value is -1.17. The summed E-state index contributed by atoms with van der Waals surface area (Å²) in [5.74, 6) is 0.0464. The minimum absolute atomic E-state index is 0. The highest BCUT2D eigenvalue weighted by molar-refractivity contribution is 7.21. The molecule has 0 bridgehead atoms. The van der Waals surface area contributed by atoms with Gasteiger partial charge in [-0.25, -0.2) is 4.39 Å². The molecule has 1 heterocycles. The number of thiophene rings is 1. The maximum Gasteiger partial charge on any atom is 0.261 e. The van der Waals surface area contributed by atoms with E-state index >= 15 is 0 Å². The minimum Gasteiger partial charge on any atom is -0.348 e. The smallest absolute Gasteiger partial charge is 0.261 e. The summed E-state index contributed by atoms with van der Waals surface area (Å²) in [6.07, 6.45) is 4.40. The Balaban J connectivity index is 0.00000192. The van der Waals surface area contributed by atoms with Gasteiger partial charge in [-0.15, -0.1) is 23.7 Å². The van der Waals surface area contributed by atoms with E-state index in [1.165, 1.54) is 29.9 Å². The number of halogens is 2. The molecule has 23 heavy (non-hydrogen) atoms. The number of carbonyl (C=O) groups is 1. The predicted octanol–water partition coefficient (Wildman–Crippen LogP) is 4.02. The van der Waals surface area contributed by atoms with Crippen molar-refractivity contribution >= 4 is 39.7 Å². The van der Waals surface area contributed by atoms with Crippen LogP contribution in [0.5, 0.6) is 0 Å². The molecule has 1 aromatic heterocycles. The lowest BCUT2D eigenvalue weighted by molar-refractivity contribution is 0.0912. The van der Waals surface area contributed by atoms with Crippen LogP contribution in [0.3, 0.4) is 0 Å². The van der Waals surface area contributed by atoms with E-state index in [-0.39, 0.29) is 30.2 Å². The Labute approximate surface area is 145 Å². The van der Waals surface area contributed by atoms with Gasteiger partial charge in [0.1, 0.15) is 5.82 Å². The third-order valence-corrected chi connectivity index (χ3v) is 5.90. The first kappa shape index (κ1) is 18.2. The largest absolute Gasteiger partial charge is 0.348 e. The molecule has 0 radical (unpaired) electrons. The molecular weight excluding hydrogens is 335 g/mol. The number of amides is 1. The van der Waals surface area contributed by atoms with Gasteiger partial charge < -0.3 is 11.1 Å². The highest BCUT2D eigenvalue weighted by Crippen LogP contribution is 2.32. The lowest BCUT2D eigenvalue weighted by Crippen LogP contribution is -2.44. The predicted molar refractivity (Wildman–Crippen MR) is 96.0 cm³/mol. The number of hydrogen-bond donors (Lipinski definition) is 2. The molecule has 2 unspecified atom stereocenters. The van der Waals surface area contributed by atoms with Gasteiger partial charge >= 0.3 is 0 Å². The summed E-state index contributed by atoms with van der Waals surface area (Å²) in [5, 5.41) is 3.98.